The van der Waals surface area contributed by atoms with Crippen LogP contribution in [-0.2, 0) is 4.79 Å². The molecule has 0 amide bonds. The Morgan fingerprint density at radius 3 is 2.65 bits per heavy atom. The number of halogens is 1. The van der Waals surface area contributed by atoms with Crippen molar-refractivity contribution in [2.75, 3.05) is 5.75 Å². The number of aryl methyl sites for hydroxylation is 1. The van der Waals surface area contributed by atoms with Crippen molar-refractivity contribution in [2.45, 2.75) is 26.1 Å². The second-order valence-electron chi connectivity index (χ2n) is 3.82. The van der Waals surface area contributed by atoms with E-state index in [0.29, 0.717) is 5.56 Å². The van der Waals surface area contributed by atoms with Gasteiger partial charge in [-0.3, -0.25) is 4.79 Å². The van der Waals surface area contributed by atoms with Crippen LogP contribution in [0.15, 0.2) is 22.7 Å². The first kappa shape index (κ1) is 14.7. The highest BCUT2D eigenvalue weighted by molar-refractivity contribution is 9.10. The molecule has 0 aliphatic heterocycles. The van der Waals surface area contributed by atoms with E-state index in [1.165, 1.54) is 6.92 Å². The summed E-state index contributed by atoms with van der Waals surface area (Å²) in [4.78, 5) is 10.8. The van der Waals surface area contributed by atoms with Gasteiger partial charge < -0.3 is 10.2 Å². The fraction of sp³-hybridized carbons (Fsp3) is 0.417. The van der Waals surface area contributed by atoms with Crippen LogP contribution in [-0.4, -0.2) is 27.2 Å². The molecule has 0 bridgehead atoms. The molecular weight excluding hydrogens is 304 g/mol. The van der Waals surface area contributed by atoms with E-state index in [0.717, 1.165) is 21.8 Å². The number of hydrogen-bond donors (Lipinski definition) is 2. The molecule has 0 aliphatic rings. The van der Waals surface area contributed by atoms with Gasteiger partial charge in [0.2, 0.25) is 0 Å². The largest absolute Gasteiger partial charge is 0.389 e. The van der Waals surface area contributed by atoms with E-state index in [2.05, 4.69) is 15.9 Å². The van der Waals surface area contributed by atoms with E-state index in [-0.39, 0.29) is 10.9 Å². The predicted octanol–water partition coefficient (Wildman–Crippen LogP) is 2.43. The van der Waals surface area contributed by atoms with Gasteiger partial charge in [-0.15, -0.1) is 0 Å². The second-order valence-corrected chi connectivity index (χ2v) is 5.87. The standard InChI is InChI=1S/C12H15BrO3S/c1-7-3-4-9(5-10(7)13)12(16)11(15)6-17-8(2)14/h3-5,11-12,15-16H,6H2,1-2H3. The van der Waals surface area contributed by atoms with Gasteiger partial charge in [0, 0.05) is 17.1 Å². The zero-order chi connectivity index (χ0) is 13.0. The molecule has 1 rings (SSSR count). The molecule has 3 nitrogen and oxygen atoms in total. The third kappa shape index (κ3) is 4.43. The lowest BCUT2D eigenvalue weighted by Gasteiger charge is -2.18. The molecule has 17 heavy (non-hydrogen) atoms. The SMILES string of the molecule is CC(=O)SCC(O)C(O)c1ccc(C)c(Br)c1. The summed E-state index contributed by atoms with van der Waals surface area (Å²) < 4.78 is 0.889. The van der Waals surface area contributed by atoms with Gasteiger partial charge >= 0.3 is 0 Å². The minimum Gasteiger partial charge on any atom is -0.389 e. The first-order valence-electron chi connectivity index (χ1n) is 5.17. The number of hydrogen-bond acceptors (Lipinski definition) is 4. The van der Waals surface area contributed by atoms with Gasteiger partial charge in [-0.05, 0) is 24.1 Å². The van der Waals surface area contributed by atoms with Crippen LogP contribution in [0.2, 0.25) is 0 Å². The molecular formula is C12H15BrO3S. The number of rotatable bonds is 4. The number of benzene rings is 1. The van der Waals surface area contributed by atoms with Gasteiger partial charge in [-0.1, -0.05) is 39.8 Å². The summed E-state index contributed by atoms with van der Waals surface area (Å²) in [5.74, 6) is 0.196. The van der Waals surface area contributed by atoms with Gasteiger partial charge in [-0.25, -0.2) is 0 Å². The third-order valence-electron chi connectivity index (χ3n) is 2.36. The molecule has 0 aromatic heterocycles. The third-order valence-corrected chi connectivity index (χ3v) is 4.13. The Balaban J connectivity index is 2.70. The maximum Gasteiger partial charge on any atom is 0.185 e. The number of aliphatic hydroxyl groups excluding tert-OH is 2. The second kappa shape index (κ2) is 6.54. The molecule has 0 radical (unpaired) electrons. The van der Waals surface area contributed by atoms with E-state index >= 15 is 0 Å². The fourth-order valence-corrected chi connectivity index (χ4v) is 2.29. The van der Waals surface area contributed by atoms with Crippen LogP contribution in [0.1, 0.15) is 24.2 Å². The molecule has 1 aromatic rings. The van der Waals surface area contributed by atoms with E-state index in [1.54, 1.807) is 12.1 Å². The van der Waals surface area contributed by atoms with E-state index in [9.17, 15) is 15.0 Å². The molecule has 2 atom stereocenters. The van der Waals surface area contributed by atoms with Gasteiger partial charge in [0.15, 0.2) is 5.12 Å². The van der Waals surface area contributed by atoms with E-state index < -0.39 is 12.2 Å². The van der Waals surface area contributed by atoms with E-state index in [1.807, 2.05) is 13.0 Å². The van der Waals surface area contributed by atoms with Crippen LogP contribution < -0.4 is 0 Å². The Hall–Kier alpha value is -0.360. The summed E-state index contributed by atoms with van der Waals surface area (Å²) in [7, 11) is 0. The first-order chi connectivity index (χ1) is 7.91. The Morgan fingerprint density at radius 1 is 1.47 bits per heavy atom. The lowest BCUT2D eigenvalue weighted by molar-refractivity contribution is -0.109. The molecule has 2 unspecified atom stereocenters. The summed E-state index contributed by atoms with van der Waals surface area (Å²) in [6, 6.07) is 5.42. The molecule has 0 saturated carbocycles. The topological polar surface area (TPSA) is 57.5 Å². The molecule has 94 valence electrons. The highest BCUT2D eigenvalue weighted by Crippen LogP contribution is 2.25. The molecule has 1 aromatic carbocycles. The smallest absolute Gasteiger partial charge is 0.185 e. The van der Waals surface area contributed by atoms with Crippen LogP contribution in [0.3, 0.4) is 0 Å². The Labute approximate surface area is 113 Å². The summed E-state index contributed by atoms with van der Waals surface area (Å²) in [6.07, 6.45) is -1.92. The average molecular weight is 319 g/mol. The van der Waals surface area contributed by atoms with Crippen molar-refractivity contribution in [3.05, 3.63) is 33.8 Å². The molecule has 0 saturated heterocycles. The zero-order valence-electron chi connectivity index (χ0n) is 9.68. The van der Waals surface area contributed by atoms with Crippen molar-refractivity contribution in [1.29, 1.82) is 0 Å². The maximum atomic E-state index is 10.8. The van der Waals surface area contributed by atoms with Crippen molar-refractivity contribution >= 4 is 32.8 Å². The Morgan fingerprint density at radius 2 is 2.12 bits per heavy atom. The predicted molar refractivity (Wildman–Crippen MR) is 73.0 cm³/mol. The normalized spacial score (nSPS) is 14.4. The summed E-state index contributed by atoms with van der Waals surface area (Å²) in [5, 5.41) is 19.6. The van der Waals surface area contributed by atoms with Crippen LogP contribution in [0.5, 0.6) is 0 Å². The average Bonchev–Trinajstić information content (AvgIpc) is 2.28. The van der Waals surface area contributed by atoms with Gasteiger partial charge in [0.1, 0.15) is 6.10 Å². The maximum absolute atomic E-state index is 10.8. The lowest BCUT2D eigenvalue weighted by atomic mass is 10.0. The van der Waals surface area contributed by atoms with E-state index in [4.69, 9.17) is 0 Å². The minimum atomic E-state index is -0.973. The van der Waals surface area contributed by atoms with Crippen LogP contribution >= 0.6 is 27.7 Å². The van der Waals surface area contributed by atoms with Crippen molar-refractivity contribution in [3.8, 4) is 0 Å². The van der Waals surface area contributed by atoms with Gasteiger partial charge in [-0.2, -0.15) is 0 Å². The molecule has 0 spiro atoms. The number of carbonyl (C=O) groups excluding carboxylic acids is 1. The Bertz CT molecular complexity index is 409. The quantitative estimate of drug-likeness (QED) is 0.895. The monoisotopic (exact) mass is 318 g/mol. The number of carbonyl (C=O) groups is 1. The van der Waals surface area contributed by atoms with Crippen LogP contribution in [0, 0.1) is 6.92 Å². The molecule has 2 N–H and O–H groups in total. The summed E-state index contributed by atoms with van der Waals surface area (Å²) in [6.45, 7) is 3.38. The lowest BCUT2D eigenvalue weighted by Crippen LogP contribution is -2.21. The highest BCUT2D eigenvalue weighted by Gasteiger charge is 2.19. The summed E-state index contributed by atoms with van der Waals surface area (Å²) >= 11 is 4.38. The van der Waals surface area contributed by atoms with Crippen molar-refractivity contribution in [3.63, 3.8) is 0 Å². The van der Waals surface area contributed by atoms with Crippen LogP contribution in [0.25, 0.3) is 0 Å². The Kier molecular flexibility index (Phi) is 5.66. The number of thioether (sulfide) groups is 1. The molecule has 0 fully saturated rings. The van der Waals surface area contributed by atoms with Crippen molar-refractivity contribution < 1.29 is 15.0 Å². The summed E-state index contributed by atoms with van der Waals surface area (Å²) in [5.41, 5.74) is 1.70. The van der Waals surface area contributed by atoms with Crippen molar-refractivity contribution in [2.24, 2.45) is 0 Å². The van der Waals surface area contributed by atoms with Crippen molar-refractivity contribution in [1.82, 2.24) is 0 Å². The minimum absolute atomic E-state index is 0.0682. The zero-order valence-corrected chi connectivity index (χ0v) is 12.1. The number of aliphatic hydroxyl groups is 2. The fourth-order valence-electron chi connectivity index (χ4n) is 1.31. The molecule has 5 heteroatoms. The molecule has 0 heterocycles. The van der Waals surface area contributed by atoms with Gasteiger partial charge in [0.25, 0.3) is 0 Å². The first-order valence-corrected chi connectivity index (χ1v) is 6.95. The highest BCUT2D eigenvalue weighted by atomic mass is 79.9. The van der Waals surface area contributed by atoms with Crippen LogP contribution in [0.4, 0.5) is 0 Å². The molecule has 0 aliphatic carbocycles. The van der Waals surface area contributed by atoms with Gasteiger partial charge in [0.05, 0.1) is 6.10 Å².